The molecule has 0 aliphatic heterocycles. The van der Waals surface area contributed by atoms with Gasteiger partial charge in [-0.2, -0.15) is 4.98 Å². The Morgan fingerprint density at radius 2 is 1.76 bits per heavy atom. The molecular weight excluding hydrogens is 327 g/mol. The van der Waals surface area contributed by atoms with Crippen LogP contribution in [0.1, 0.15) is 0 Å². The lowest BCUT2D eigenvalue weighted by Gasteiger charge is -2.07. The van der Waals surface area contributed by atoms with Gasteiger partial charge in [0.05, 0.1) is 10.5 Å². The van der Waals surface area contributed by atoms with Gasteiger partial charge in [0, 0.05) is 20.2 Å². The molecule has 2 aromatic carbocycles. The molecule has 0 amide bonds. The lowest BCUT2D eigenvalue weighted by atomic mass is 10.2. The zero-order chi connectivity index (χ0) is 15.0. The van der Waals surface area contributed by atoms with Gasteiger partial charge < -0.3 is 11.5 Å². The van der Waals surface area contributed by atoms with E-state index in [-0.39, 0.29) is 5.95 Å². The van der Waals surface area contributed by atoms with Gasteiger partial charge in [-0.1, -0.05) is 35.0 Å². The third-order valence-corrected chi connectivity index (χ3v) is 4.56. The van der Waals surface area contributed by atoms with Crippen molar-refractivity contribution in [3.05, 3.63) is 46.4 Å². The smallest absolute Gasteiger partial charge is 0.222 e. The SMILES string of the molecule is Nc1nc(N)c2cc(Sc3cc(Cl)ccc3Cl)ccc2n1. The fraction of sp³-hybridized carbons (Fsp3) is 0. The quantitative estimate of drug-likeness (QED) is 0.731. The summed E-state index contributed by atoms with van der Waals surface area (Å²) < 4.78 is 0. The molecule has 7 heteroatoms. The van der Waals surface area contributed by atoms with Crippen LogP contribution in [0.25, 0.3) is 10.9 Å². The van der Waals surface area contributed by atoms with Crippen LogP contribution in [0.5, 0.6) is 0 Å². The van der Waals surface area contributed by atoms with Crippen LogP contribution in [0.3, 0.4) is 0 Å². The molecule has 0 saturated carbocycles. The first kappa shape index (κ1) is 14.3. The van der Waals surface area contributed by atoms with Gasteiger partial charge >= 0.3 is 0 Å². The number of aromatic nitrogens is 2. The number of nitrogen functional groups attached to an aromatic ring is 2. The third-order valence-electron chi connectivity index (χ3n) is 2.84. The normalized spacial score (nSPS) is 11.0. The highest BCUT2D eigenvalue weighted by Crippen LogP contribution is 2.36. The fourth-order valence-electron chi connectivity index (χ4n) is 1.90. The molecule has 3 rings (SSSR count). The first-order valence-electron chi connectivity index (χ1n) is 5.98. The Hall–Kier alpha value is -1.69. The van der Waals surface area contributed by atoms with E-state index in [4.69, 9.17) is 34.7 Å². The summed E-state index contributed by atoms with van der Waals surface area (Å²) >= 11 is 13.7. The molecule has 0 fully saturated rings. The number of hydrogen-bond donors (Lipinski definition) is 2. The molecule has 0 saturated heterocycles. The maximum absolute atomic E-state index is 6.17. The van der Waals surface area contributed by atoms with E-state index in [2.05, 4.69) is 9.97 Å². The van der Waals surface area contributed by atoms with Crippen LogP contribution in [0, 0.1) is 0 Å². The second-order valence-corrected chi connectivity index (χ2v) is 6.28. The number of hydrogen-bond acceptors (Lipinski definition) is 5. The average Bonchev–Trinajstić information content (AvgIpc) is 2.43. The lowest BCUT2D eigenvalue weighted by Crippen LogP contribution is -2.00. The standard InChI is InChI=1S/C14H10Cl2N4S/c15-7-1-3-10(16)12(5-7)21-8-2-4-11-9(6-8)13(17)20-14(18)19-11/h1-6H,(H4,17,18,19,20). The zero-order valence-corrected chi connectivity index (χ0v) is 13.0. The van der Waals surface area contributed by atoms with Crippen LogP contribution < -0.4 is 11.5 Å². The van der Waals surface area contributed by atoms with Crippen molar-refractivity contribution < 1.29 is 0 Å². The van der Waals surface area contributed by atoms with E-state index >= 15 is 0 Å². The lowest BCUT2D eigenvalue weighted by molar-refractivity contribution is 1.24. The summed E-state index contributed by atoms with van der Waals surface area (Å²) in [5, 5.41) is 2.04. The van der Waals surface area contributed by atoms with Crippen molar-refractivity contribution in [1.82, 2.24) is 9.97 Å². The van der Waals surface area contributed by atoms with Crippen LogP contribution >= 0.6 is 35.0 Å². The molecule has 0 aliphatic carbocycles. The Bertz CT molecular complexity index is 839. The molecule has 0 spiro atoms. The monoisotopic (exact) mass is 336 g/mol. The van der Waals surface area contributed by atoms with Gasteiger partial charge in [0.1, 0.15) is 5.82 Å². The molecular formula is C14H10Cl2N4S. The first-order valence-corrected chi connectivity index (χ1v) is 7.56. The second-order valence-electron chi connectivity index (χ2n) is 4.32. The van der Waals surface area contributed by atoms with Gasteiger partial charge in [-0.3, -0.25) is 0 Å². The van der Waals surface area contributed by atoms with E-state index in [9.17, 15) is 0 Å². The van der Waals surface area contributed by atoms with Gasteiger partial charge in [0.2, 0.25) is 5.95 Å². The van der Waals surface area contributed by atoms with Crippen LogP contribution in [0.2, 0.25) is 10.0 Å². The van der Waals surface area contributed by atoms with Gasteiger partial charge in [0.25, 0.3) is 0 Å². The van der Waals surface area contributed by atoms with E-state index < -0.39 is 0 Å². The van der Waals surface area contributed by atoms with Crippen molar-refractivity contribution in [3.63, 3.8) is 0 Å². The molecule has 0 bridgehead atoms. The number of benzene rings is 2. The molecule has 106 valence electrons. The number of rotatable bonds is 2. The maximum Gasteiger partial charge on any atom is 0.222 e. The van der Waals surface area contributed by atoms with Gasteiger partial charge in [0.15, 0.2) is 0 Å². The topological polar surface area (TPSA) is 77.8 Å². The summed E-state index contributed by atoms with van der Waals surface area (Å²) in [6, 6.07) is 11.0. The Morgan fingerprint density at radius 3 is 2.57 bits per heavy atom. The predicted molar refractivity (Wildman–Crippen MR) is 88.9 cm³/mol. The van der Waals surface area contributed by atoms with E-state index in [1.54, 1.807) is 12.1 Å². The van der Waals surface area contributed by atoms with Crippen molar-refractivity contribution in [2.75, 3.05) is 11.5 Å². The van der Waals surface area contributed by atoms with Gasteiger partial charge in [-0.25, -0.2) is 4.98 Å². The molecule has 1 heterocycles. The number of nitrogens with zero attached hydrogens (tertiary/aromatic N) is 2. The molecule has 0 radical (unpaired) electrons. The number of fused-ring (bicyclic) bond motifs is 1. The van der Waals surface area contributed by atoms with E-state index in [0.29, 0.717) is 21.4 Å². The number of anilines is 2. The van der Waals surface area contributed by atoms with Crippen LogP contribution in [0.15, 0.2) is 46.2 Å². The Kier molecular flexibility index (Phi) is 3.80. The predicted octanol–water partition coefficient (Wildman–Crippen LogP) is 4.25. The van der Waals surface area contributed by atoms with Crippen LogP contribution in [-0.2, 0) is 0 Å². The van der Waals surface area contributed by atoms with Crippen molar-refractivity contribution >= 4 is 57.6 Å². The van der Waals surface area contributed by atoms with Gasteiger partial charge in [-0.05, 0) is 36.4 Å². The van der Waals surface area contributed by atoms with Crippen molar-refractivity contribution in [3.8, 4) is 0 Å². The minimum atomic E-state index is 0.165. The number of halogens is 2. The first-order chi connectivity index (χ1) is 10.0. The van der Waals surface area contributed by atoms with Crippen LogP contribution in [0.4, 0.5) is 11.8 Å². The number of nitrogens with two attached hydrogens (primary N) is 2. The molecule has 1 aromatic heterocycles. The average molecular weight is 337 g/mol. The van der Waals surface area contributed by atoms with Crippen LogP contribution in [-0.4, -0.2) is 9.97 Å². The van der Waals surface area contributed by atoms with Crippen molar-refractivity contribution in [1.29, 1.82) is 0 Å². The minimum absolute atomic E-state index is 0.165. The van der Waals surface area contributed by atoms with E-state index in [1.165, 1.54) is 11.8 Å². The largest absolute Gasteiger partial charge is 0.383 e. The highest BCUT2D eigenvalue weighted by atomic mass is 35.5. The second kappa shape index (κ2) is 5.60. The highest BCUT2D eigenvalue weighted by Gasteiger charge is 2.08. The fourth-order valence-corrected chi connectivity index (χ4v) is 3.28. The Balaban J connectivity index is 2.03. The Labute approximate surface area is 135 Å². The third kappa shape index (κ3) is 3.00. The summed E-state index contributed by atoms with van der Waals surface area (Å²) in [6.07, 6.45) is 0. The summed E-state index contributed by atoms with van der Waals surface area (Å²) in [5.41, 5.74) is 12.2. The van der Waals surface area contributed by atoms with E-state index in [1.807, 2.05) is 24.3 Å². The molecule has 0 atom stereocenters. The summed E-state index contributed by atoms with van der Waals surface area (Å²) in [6.45, 7) is 0. The molecule has 4 nitrogen and oxygen atoms in total. The Morgan fingerprint density at radius 1 is 0.952 bits per heavy atom. The molecule has 21 heavy (non-hydrogen) atoms. The maximum atomic E-state index is 6.17. The summed E-state index contributed by atoms with van der Waals surface area (Å²) in [5.74, 6) is 0.524. The molecule has 3 aromatic rings. The van der Waals surface area contributed by atoms with Crippen molar-refractivity contribution in [2.45, 2.75) is 9.79 Å². The van der Waals surface area contributed by atoms with Crippen molar-refractivity contribution in [2.24, 2.45) is 0 Å². The summed E-state index contributed by atoms with van der Waals surface area (Å²) in [4.78, 5) is 9.95. The summed E-state index contributed by atoms with van der Waals surface area (Å²) in [7, 11) is 0. The highest BCUT2D eigenvalue weighted by molar-refractivity contribution is 7.99. The molecule has 4 N–H and O–H groups in total. The van der Waals surface area contributed by atoms with Gasteiger partial charge in [-0.15, -0.1) is 0 Å². The van der Waals surface area contributed by atoms with E-state index in [0.717, 1.165) is 15.2 Å². The molecule has 0 aliphatic rings. The zero-order valence-electron chi connectivity index (χ0n) is 10.7. The minimum Gasteiger partial charge on any atom is -0.383 e. The molecule has 0 unspecified atom stereocenters.